The van der Waals surface area contributed by atoms with Crippen LogP contribution in [-0.4, -0.2) is 113 Å². The molecule has 3 rings (SSSR count). The summed E-state index contributed by atoms with van der Waals surface area (Å²) in [5.41, 5.74) is 5.04. The molecule has 2 aromatic heterocycles. The van der Waals surface area contributed by atoms with Crippen molar-refractivity contribution in [1.29, 1.82) is 0 Å². The maximum Gasteiger partial charge on any atom is 0.322 e. The maximum atomic E-state index is 12.5. The van der Waals surface area contributed by atoms with Gasteiger partial charge in [-0.2, -0.15) is 4.98 Å². The second-order valence-electron chi connectivity index (χ2n) is 8.76. The molecule has 0 aliphatic carbocycles. The minimum absolute atomic E-state index is 0.0179. The number of imidazole rings is 1. The van der Waals surface area contributed by atoms with E-state index < -0.39 is 66.4 Å². The van der Waals surface area contributed by atoms with Crippen molar-refractivity contribution in [3.05, 3.63) is 16.7 Å². The molecule has 0 bridgehead atoms. The molecule has 10 N–H and O–H groups in total. The minimum Gasteiger partial charge on any atom is -0.480 e. The van der Waals surface area contributed by atoms with Gasteiger partial charge in [-0.05, 0) is 6.42 Å². The lowest BCUT2D eigenvalue weighted by molar-refractivity contribution is -0.139. The summed E-state index contributed by atoms with van der Waals surface area (Å²) in [5, 5.41) is 44.5. The van der Waals surface area contributed by atoms with Gasteiger partial charge in [0.2, 0.25) is 17.8 Å². The molecule has 19 heteroatoms. The first-order valence-corrected chi connectivity index (χ1v) is 13.2. The highest BCUT2D eigenvalue weighted by Gasteiger charge is 2.35. The highest BCUT2D eigenvalue weighted by Crippen LogP contribution is 2.30. The number of H-pyrrole nitrogens is 1. The molecule has 1 fully saturated rings. The average molecular weight is 587 g/mol. The number of nitrogens with one attached hydrogen (secondary N) is 4. The van der Waals surface area contributed by atoms with Crippen LogP contribution in [0.4, 0.5) is 5.95 Å². The van der Waals surface area contributed by atoms with Gasteiger partial charge in [0.15, 0.2) is 11.2 Å². The number of nitrogens with zero attached hydrogens (tertiary/aromatic N) is 3. The Kier molecular flexibility index (Phi) is 10.8. The Morgan fingerprint density at radius 2 is 2.05 bits per heavy atom. The molecule has 1 aliphatic heterocycles. The molecule has 0 saturated carbocycles. The first-order valence-electron chi connectivity index (χ1n) is 12.0. The monoisotopic (exact) mass is 586 g/mol. The summed E-state index contributed by atoms with van der Waals surface area (Å²) in [7, 11) is 0. The normalized spacial score (nSPS) is 20.1. The van der Waals surface area contributed by atoms with E-state index in [9.17, 15) is 34.2 Å². The Balaban J connectivity index is 1.61. The molecular weight excluding hydrogens is 556 g/mol. The molecule has 40 heavy (non-hydrogen) atoms. The summed E-state index contributed by atoms with van der Waals surface area (Å²) in [6.45, 7) is -1.05. The average Bonchev–Trinajstić information content (AvgIpc) is 3.50. The van der Waals surface area contributed by atoms with Crippen LogP contribution in [0.1, 0.15) is 25.5 Å². The maximum absolute atomic E-state index is 12.5. The van der Waals surface area contributed by atoms with E-state index in [2.05, 4.69) is 30.9 Å². The zero-order valence-electron chi connectivity index (χ0n) is 21.0. The number of hydrogen-bond donors (Lipinski definition) is 9. The number of fused-ring (bicyclic) bond motifs is 1. The smallest absolute Gasteiger partial charge is 0.322 e. The van der Waals surface area contributed by atoms with Crippen molar-refractivity contribution in [3.63, 3.8) is 0 Å². The fourth-order valence-electron chi connectivity index (χ4n) is 3.71. The quantitative estimate of drug-likeness (QED) is 0.0731. The standard InChI is InChI=1S/C21H30N8O10S/c22-9(20(37)38)1-2-13(32)26-10(18(35)23-4-15(33)34)6-40-8-25-21-27-17-16(19(36)28-21)24-7-29(17)14-3-11(31)12(5-30)39-14/h7,9-12,14,30-31H,1-6,8,22H2,(H,23,35)(H,26,32)(H,33,34)(H,37,38)(H2,25,27,28,36)/t9-,10-,11-,12+,14+/m0/s1. The number of carboxylic acid groups (broad SMARTS) is 2. The van der Waals surface area contributed by atoms with E-state index in [0.29, 0.717) is 0 Å². The van der Waals surface area contributed by atoms with E-state index in [1.54, 1.807) is 0 Å². The number of rotatable bonds is 15. The number of aliphatic hydroxyl groups is 2. The molecule has 3 heterocycles. The molecule has 0 unspecified atom stereocenters. The number of nitrogens with two attached hydrogens (primary N) is 1. The van der Waals surface area contributed by atoms with Crippen LogP contribution in [0.25, 0.3) is 11.2 Å². The third kappa shape index (κ3) is 8.11. The van der Waals surface area contributed by atoms with Crippen molar-refractivity contribution in [2.45, 2.75) is 49.8 Å². The summed E-state index contributed by atoms with van der Waals surface area (Å²) in [5.74, 6) is -3.83. The Morgan fingerprint density at radius 3 is 2.70 bits per heavy atom. The number of carbonyl (C=O) groups excluding carboxylic acids is 2. The number of aliphatic carboxylic acids is 2. The molecular formula is C21H30N8O10S. The number of aromatic nitrogens is 4. The topological polar surface area (TPSA) is 284 Å². The number of thioether (sulfide) groups is 1. The summed E-state index contributed by atoms with van der Waals surface area (Å²) in [6, 6.07) is -2.41. The van der Waals surface area contributed by atoms with Crippen LogP contribution in [0.2, 0.25) is 0 Å². The Hall–Kier alpha value is -3.78. The Labute approximate surface area is 229 Å². The van der Waals surface area contributed by atoms with Crippen LogP contribution in [-0.2, 0) is 23.9 Å². The summed E-state index contributed by atoms with van der Waals surface area (Å²) < 4.78 is 7.08. The second-order valence-corrected chi connectivity index (χ2v) is 9.79. The summed E-state index contributed by atoms with van der Waals surface area (Å²) in [6.07, 6.45) is -1.32. The summed E-state index contributed by atoms with van der Waals surface area (Å²) in [4.78, 5) is 69.7. The van der Waals surface area contributed by atoms with Gasteiger partial charge in [0.25, 0.3) is 5.56 Å². The fraction of sp³-hybridized carbons (Fsp3) is 0.571. The Morgan fingerprint density at radius 1 is 1.30 bits per heavy atom. The van der Waals surface area contributed by atoms with Crippen LogP contribution in [0, 0.1) is 0 Å². The van der Waals surface area contributed by atoms with Crippen LogP contribution in [0.15, 0.2) is 11.1 Å². The minimum atomic E-state index is -1.28. The third-order valence-corrected chi connectivity index (χ3v) is 6.74. The molecule has 220 valence electrons. The van der Waals surface area contributed by atoms with Crippen molar-refractivity contribution < 1.29 is 44.3 Å². The second kappa shape index (κ2) is 14.0. The van der Waals surface area contributed by atoms with Gasteiger partial charge in [0, 0.05) is 18.6 Å². The molecule has 2 aromatic rings. The molecule has 0 radical (unpaired) electrons. The first-order chi connectivity index (χ1) is 19.0. The van der Waals surface area contributed by atoms with Crippen LogP contribution < -0.4 is 27.2 Å². The van der Waals surface area contributed by atoms with Gasteiger partial charge >= 0.3 is 11.9 Å². The zero-order chi connectivity index (χ0) is 29.4. The number of carboxylic acids is 2. The van der Waals surface area contributed by atoms with Crippen LogP contribution in [0.3, 0.4) is 0 Å². The van der Waals surface area contributed by atoms with E-state index in [0.717, 1.165) is 11.8 Å². The largest absolute Gasteiger partial charge is 0.480 e. The summed E-state index contributed by atoms with van der Waals surface area (Å²) >= 11 is 1.11. The lowest BCUT2D eigenvalue weighted by Crippen LogP contribution is -2.49. The van der Waals surface area contributed by atoms with Gasteiger partial charge in [-0.25, -0.2) is 4.98 Å². The Bertz CT molecular complexity index is 1290. The molecule has 0 aromatic carbocycles. The predicted octanol–water partition coefficient (Wildman–Crippen LogP) is -3.26. The van der Waals surface area contributed by atoms with Crippen molar-refractivity contribution in [2.24, 2.45) is 5.73 Å². The molecule has 1 saturated heterocycles. The lowest BCUT2D eigenvalue weighted by Gasteiger charge is -2.18. The molecule has 2 amide bonds. The molecule has 5 atom stereocenters. The number of amides is 2. The van der Waals surface area contributed by atoms with Crippen molar-refractivity contribution in [1.82, 2.24) is 30.2 Å². The number of ether oxygens (including phenoxy) is 1. The van der Waals surface area contributed by atoms with E-state index in [-0.39, 0.29) is 54.6 Å². The zero-order valence-corrected chi connectivity index (χ0v) is 21.8. The van der Waals surface area contributed by atoms with Gasteiger partial charge in [-0.3, -0.25) is 33.5 Å². The number of anilines is 1. The predicted molar refractivity (Wildman–Crippen MR) is 138 cm³/mol. The molecule has 1 aliphatic rings. The van der Waals surface area contributed by atoms with E-state index in [1.165, 1.54) is 10.9 Å². The first kappa shape index (κ1) is 30.8. The molecule has 18 nitrogen and oxygen atoms in total. The van der Waals surface area contributed by atoms with Crippen LogP contribution in [0.5, 0.6) is 0 Å². The van der Waals surface area contributed by atoms with Gasteiger partial charge < -0.3 is 46.8 Å². The van der Waals surface area contributed by atoms with Crippen molar-refractivity contribution >= 4 is 52.6 Å². The van der Waals surface area contributed by atoms with Crippen molar-refractivity contribution in [3.8, 4) is 0 Å². The number of carbonyl (C=O) groups is 4. The number of hydrogen-bond acceptors (Lipinski definition) is 13. The highest BCUT2D eigenvalue weighted by atomic mass is 32.2. The fourth-order valence-corrected chi connectivity index (χ4v) is 4.54. The van der Waals surface area contributed by atoms with Gasteiger partial charge in [-0.15, -0.1) is 11.8 Å². The van der Waals surface area contributed by atoms with E-state index in [1.807, 2.05) is 0 Å². The van der Waals surface area contributed by atoms with Gasteiger partial charge in [-0.1, -0.05) is 0 Å². The third-order valence-electron chi connectivity index (χ3n) is 5.82. The molecule has 0 spiro atoms. The SMILES string of the molecule is N[C@@H](CCC(=O)N[C@@H](CSCNc1nc2c(ncn2[C@H]2C[C@H](O)[C@@H](CO)O2)c(=O)[nH]1)C(=O)NCC(=O)O)C(=O)O. The van der Waals surface area contributed by atoms with Crippen LogP contribution >= 0.6 is 11.8 Å². The lowest BCUT2D eigenvalue weighted by atomic mass is 10.1. The van der Waals surface area contributed by atoms with Crippen molar-refractivity contribution in [2.75, 3.05) is 30.1 Å². The number of aromatic amines is 1. The van der Waals surface area contributed by atoms with Gasteiger partial charge in [0.05, 0.1) is 24.9 Å². The highest BCUT2D eigenvalue weighted by molar-refractivity contribution is 7.99. The van der Waals surface area contributed by atoms with Gasteiger partial charge in [0.1, 0.15) is 31.0 Å². The number of aliphatic hydroxyl groups excluding tert-OH is 2. The van der Waals surface area contributed by atoms with E-state index in [4.69, 9.17) is 20.7 Å². The van der Waals surface area contributed by atoms with E-state index >= 15 is 0 Å².